The summed E-state index contributed by atoms with van der Waals surface area (Å²) in [4.78, 5) is 25.8. The van der Waals surface area contributed by atoms with Crippen molar-refractivity contribution in [3.63, 3.8) is 0 Å². The minimum absolute atomic E-state index is 0.115. The van der Waals surface area contributed by atoms with Crippen LogP contribution < -0.4 is 19.8 Å². The van der Waals surface area contributed by atoms with E-state index in [9.17, 15) is 60.0 Å². The normalized spacial score (nSPS) is 13.8. The predicted molar refractivity (Wildman–Crippen MR) is 233 cm³/mol. The second-order valence-electron chi connectivity index (χ2n) is 15.0. The van der Waals surface area contributed by atoms with Crippen molar-refractivity contribution in [2.24, 2.45) is 0 Å². The number of nitrogens with one attached hydrogen (secondary N) is 2. The molecule has 6 nitrogen and oxygen atoms in total. The van der Waals surface area contributed by atoms with E-state index in [1.54, 1.807) is 0 Å². The Morgan fingerprint density at radius 3 is 0.985 bits per heavy atom. The number of pyridine rings is 2. The molecule has 2 heterocycles. The molecular weight excluding hydrogens is 918 g/mol. The van der Waals surface area contributed by atoms with Crippen LogP contribution >= 0.6 is 15.6 Å². The molecule has 20 heteroatoms. The minimum Gasteiger partial charge on any atom is -0.321 e. The number of anilines is 2. The summed E-state index contributed by atoms with van der Waals surface area (Å²) >= 11 is 0. The molecule has 0 saturated carbocycles. The van der Waals surface area contributed by atoms with Crippen LogP contribution in [0.2, 0.25) is 0 Å². The maximum atomic E-state index is 12.9. The Bertz CT molecular complexity index is 2740. The summed E-state index contributed by atoms with van der Waals surface area (Å²) in [6, 6.07) is 46.0. The molecule has 0 fully saturated rings. The molecule has 0 saturated heterocycles. The summed E-state index contributed by atoms with van der Waals surface area (Å²) in [6.07, 6.45) is 8.92. The smallest absolute Gasteiger partial charge is 0.224 e. The minimum atomic E-state index is -10.7. The topological polar surface area (TPSA) is 66.0 Å². The van der Waals surface area contributed by atoms with Gasteiger partial charge in [-0.3, -0.25) is 9.59 Å². The van der Waals surface area contributed by atoms with E-state index in [0.717, 1.165) is 11.4 Å². The molecule has 344 valence electrons. The summed E-state index contributed by atoms with van der Waals surface area (Å²) in [6.45, 7) is 1.34. The van der Waals surface area contributed by atoms with E-state index in [1.807, 2.05) is 49.1 Å². The third-order valence-electron chi connectivity index (χ3n) is 9.54. The number of carbonyl (C=O) groups excluding carboxylic acids is 2. The van der Waals surface area contributed by atoms with Crippen LogP contribution in [-0.4, -0.2) is 11.8 Å². The van der Waals surface area contributed by atoms with Gasteiger partial charge in [-0.2, -0.15) is 9.13 Å². The summed E-state index contributed by atoms with van der Waals surface area (Å²) in [5.41, 5.74) is 3.94. The molecule has 65 heavy (non-hydrogen) atoms. The molecule has 8 rings (SSSR count). The van der Waals surface area contributed by atoms with E-state index >= 15 is 0 Å². The van der Waals surface area contributed by atoms with Gasteiger partial charge in [0.05, 0.1) is 0 Å². The first-order valence-corrected chi connectivity index (χ1v) is 23.5. The molecule has 0 spiro atoms. The molecule has 0 radical (unpaired) electrons. The fourth-order valence-electron chi connectivity index (χ4n) is 7.17. The predicted octanol–water partition coefficient (Wildman–Crippen LogP) is 15.5. The van der Waals surface area contributed by atoms with Crippen molar-refractivity contribution in [2.75, 3.05) is 10.6 Å². The number of halogens is 12. The quantitative estimate of drug-likeness (QED) is 0.0621. The van der Waals surface area contributed by atoms with E-state index < -0.39 is 15.6 Å². The van der Waals surface area contributed by atoms with Crippen LogP contribution in [0, 0.1) is 0 Å². The van der Waals surface area contributed by atoms with E-state index in [2.05, 4.69) is 129 Å². The number of aromatic nitrogens is 2. The van der Waals surface area contributed by atoms with Crippen molar-refractivity contribution in [1.29, 1.82) is 0 Å². The largest absolute Gasteiger partial charge is 0.321 e. The zero-order valence-corrected chi connectivity index (χ0v) is 35.5. The van der Waals surface area contributed by atoms with Gasteiger partial charge < -0.3 is 10.6 Å². The van der Waals surface area contributed by atoms with E-state index in [-0.39, 0.29) is 24.7 Å². The van der Waals surface area contributed by atoms with Crippen LogP contribution in [0.3, 0.4) is 0 Å². The third kappa shape index (κ3) is 16.6. The average Bonchev–Trinajstić information content (AvgIpc) is 3.18. The van der Waals surface area contributed by atoms with Crippen molar-refractivity contribution in [2.45, 2.75) is 32.4 Å². The van der Waals surface area contributed by atoms with Crippen LogP contribution in [0.5, 0.6) is 0 Å². The number of nitrogens with zero attached hydrogens (tertiary/aromatic N) is 2. The second kappa shape index (κ2) is 16.9. The van der Waals surface area contributed by atoms with Crippen molar-refractivity contribution in [3.05, 3.63) is 169 Å². The first kappa shape index (κ1) is 48.1. The molecule has 2 aromatic heterocycles. The van der Waals surface area contributed by atoms with Gasteiger partial charge in [-0.15, -0.1) is 0 Å². The van der Waals surface area contributed by atoms with Crippen molar-refractivity contribution in [1.82, 2.24) is 0 Å². The van der Waals surface area contributed by atoms with Crippen molar-refractivity contribution < 1.29 is 69.1 Å². The molecule has 0 bridgehead atoms. The summed E-state index contributed by atoms with van der Waals surface area (Å²) in [5, 5.41) is 15.8. The number of benzene rings is 6. The zero-order valence-electron chi connectivity index (χ0n) is 33.7. The van der Waals surface area contributed by atoms with Gasteiger partial charge in [-0.1, -0.05) is 97.1 Å². The van der Waals surface area contributed by atoms with Crippen molar-refractivity contribution in [3.8, 4) is 0 Å². The Balaban J connectivity index is 0.000000435. The molecule has 6 aromatic carbocycles. The first-order chi connectivity index (χ1) is 30.0. The number of amides is 2. The van der Waals surface area contributed by atoms with Gasteiger partial charge in [0.1, 0.15) is 11.4 Å². The molecule has 0 unspecified atom stereocenters. The van der Waals surface area contributed by atoms with Gasteiger partial charge in [0.15, 0.2) is 37.9 Å². The Hall–Kier alpha value is -6.38. The van der Waals surface area contributed by atoms with Gasteiger partial charge >= 0.3 is 66.0 Å². The third-order valence-corrected chi connectivity index (χ3v) is 9.54. The van der Waals surface area contributed by atoms with E-state index in [4.69, 9.17) is 0 Å². The molecule has 0 atom stereocenters. The van der Waals surface area contributed by atoms with Crippen LogP contribution in [-0.2, 0) is 22.7 Å². The second-order valence-corrected chi connectivity index (χ2v) is 18.8. The van der Waals surface area contributed by atoms with Gasteiger partial charge in [0.25, 0.3) is 0 Å². The van der Waals surface area contributed by atoms with Crippen molar-refractivity contribution >= 4 is 81.9 Å². The van der Waals surface area contributed by atoms with Crippen LogP contribution in [0.1, 0.15) is 30.4 Å². The molecule has 2 amide bonds. The Morgan fingerprint density at radius 2 is 0.692 bits per heavy atom. The number of hydrogen-bond donors (Lipinski definition) is 2. The summed E-state index contributed by atoms with van der Waals surface area (Å²) < 4.78 is 123. The van der Waals surface area contributed by atoms with Crippen LogP contribution in [0.15, 0.2) is 158 Å². The molecule has 0 aliphatic carbocycles. The molecule has 2 N–H and O–H groups in total. The van der Waals surface area contributed by atoms with Crippen LogP contribution in [0.4, 0.5) is 61.7 Å². The fourth-order valence-corrected chi connectivity index (χ4v) is 7.17. The molecular formula is C45H38F12N4O2P2. The monoisotopic (exact) mass is 956 g/mol. The number of carbonyl (C=O) groups is 2. The van der Waals surface area contributed by atoms with E-state index in [0.29, 0.717) is 19.5 Å². The maximum absolute atomic E-state index is 12.9. The average molecular weight is 957 g/mol. The van der Waals surface area contributed by atoms with Gasteiger partial charge in [0, 0.05) is 36.1 Å². The molecule has 8 aromatic rings. The number of hydrogen-bond acceptors (Lipinski definition) is 2. The summed E-state index contributed by atoms with van der Waals surface area (Å²) in [7, 11) is -21.3. The van der Waals surface area contributed by atoms with Gasteiger partial charge in [0.2, 0.25) is 11.8 Å². The standard InChI is InChI=1S/C45H36N4O2.2F6P/c50-44(46-36-16-10-24-48(28-36)30-42-38-18-5-1-12-32(38)26-33-13-2-6-19-39(33)42)22-9-23-45(51)47-37-17-11-25-49(29-37)31-43-40-20-7-3-14-34(40)27-35-15-4-8-21-41(35)43;2*1-7(2,3,4,5)6/h1-8,10-21,24-29H,9,22-23,30-31H2;;/q;2*-1/p+2. The van der Waals surface area contributed by atoms with Gasteiger partial charge in [-0.05, 0) is 73.8 Å². The number of fused-ring (bicyclic) bond motifs is 4. The maximum Gasteiger partial charge on any atom is 0.224 e. The first-order valence-electron chi connectivity index (χ1n) is 19.5. The zero-order chi connectivity index (χ0) is 47.4. The molecule has 0 aliphatic rings. The Labute approximate surface area is 362 Å². The summed E-state index contributed by atoms with van der Waals surface area (Å²) in [5.74, 6) is -0.230. The SMILES string of the molecule is F[P-](F)(F)(F)(F)F.F[P-](F)(F)(F)(F)F.O=C(CCCC(=O)Nc1ccc[n+](Cc2c3ccccc3cc3ccccc23)c1)Nc1ccc[n+](Cc2c3ccccc3cc3ccccc23)c1. The van der Waals surface area contributed by atoms with Crippen LogP contribution in [0.25, 0.3) is 43.1 Å². The van der Waals surface area contributed by atoms with Gasteiger partial charge in [-0.25, -0.2) is 0 Å². The number of rotatable bonds is 10. The van der Waals surface area contributed by atoms with E-state index in [1.165, 1.54) is 54.2 Å². The Morgan fingerprint density at radius 1 is 0.415 bits per heavy atom. The Kier molecular flexibility index (Phi) is 12.5. The molecule has 0 aliphatic heterocycles. The fraction of sp³-hybridized carbons (Fsp3) is 0.111.